The lowest BCUT2D eigenvalue weighted by atomic mass is 10.1. The number of aromatic nitrogens is 2. The maximum atomic E-state index is 12.9. The second-order valence-corrected chi connectivity index (χ2v) is 7.33. The Morgan fingerprint density at radius 1 is 1.19 bits per heavy atom. The minimum atomic E-state index is -0.303. The van der Waals surface area contributed by atoms with Crippen molar-refractivity contribution in [2.75, 3.05) is 5.32 Å². The molecule has 134 valence electrons. The van der Waals surface area contributed by atoms with Crippen molar-refractivity contribution < 1.29 is 9.18 Å². The standard InChI is InChI=1S/C21H16FN3OS/c1-14-12-25-13-19(24-21(25)27-14)16-3-2-4-18(11-16)23-20(26)10-7-15-5-8-17(22)9-6-15/h2-13H,1H3,(H,23,26)/b10-7+. The largest absolute Gasteiger partial charge is 0.322 e. The van der Waals surface area contributed by atoms with E-state index in [0.717, 1.165) is 21.8 Å². The predicted octanol–water partition coefficient (Wildman–Crippen LogP) is 5.16. The number of amides is 1. The molecule has 0 radical (unpaired) electrons. The molecule has 0 unspecified atom stereocenters. The minimum absolute atomic E-state index is 0.252. The number of benzene rings is 2. The molecule has 1 amide bonds. The van der Waals surface area contributed by atoms with Crippen LogP contribution in [0.25, 0.3) is 22.3 Å². The van der Waals surface area contributed by atoms with Gasteiger partial charge in [0.05, 0.1) is 5.69 Å². The number of nitrogens with zero attached hydrogens (tertiary/aromatic N) is 2. The van der Waals surface area contributed by atoms with Gasteiger partial charge in [-0.25, -0.2) is 9.37 Å². The molecule has 0 bridgehead atoms. The molecule has 4 rings (SSSR count). The van der Waals surface area contributed by atoms with Gasteiger partial charge in [-0.15, -0.1) is 11.3 Å². The Labute approximate surface area is 159 Å². The van der Waals surface area contributed by atoms with E-state index in [1.165, 1.54) is 23.1 Å². The van der Waals surface area contributed by atoms with Gasteiger partial charge in [0, 0.05) is 34.6 Å². The molecule has 0 spiro atoms. The number of anilines is 1. The molecule has 0 aliphatic heterocycles. The third-order valence-electron chi connectivity index (χ3n) is 3.99. The van der Waals surface area contributed by atoms with Crippen LogP contribution in [-0.4, -0.2) is 15.3 Å². The molecule has 1 N–H and O–H groups in total. The summed E-state index contributed by atoms with van der Waals surface area (Å²) in [5.74, 6) is -0.555. The van der Waals surface area contributed by atoms with Gasteiger partial charge in [-0.05, 0) is 42.8 Å². The Bertz CT molecular complexity index is 1110. The fourth-order valence-corrected chi connectivity index (χ4v) is 3.54. The van der Waals surface area contributed by atoms with Gasteiger partial charge >= 0.3 is 0 Å². The summed E-state index contributed by atoms with van der Waals surface area (Å²) in [7, 11) is 0. The highest BCUT2D eigenvalue weighted by molar-refractivity contribution is 7.17. The lowest BCUT2D eigenvalue weighted by Crippen LogP contribution is -2.07. The average molecular weight is 377 g/mol. The minimum Gasteiger partial charge on any atom is -0.322 e. The summed E-state index contributed by atoms with van der Waals surface area (Å²) < 4.78 is 14.9. The van der Waals surface area contributed by atoms with Crippen molar-refractivity contribution in [3.63, 3.8) is 0 Å². The van der Waals surface area contributed by atoms with Crippen LogP contribution in [0.15, 0.2) is 67.0 Å². The van der Waals surface area contributed by atoms with E-state index in [9.17, 15) is 9.18 Å². The Morgan fingerprint density at radius 2 is 2.00 bits per heavy atom. The highest BCUT2D eigenvalue weighted by atomic mass is 32.1. The normalized spacial score (nSPS) is 11.3. The van der Waals surface area contributed by atoms with Crippen LogP contribution in [0.3, 0.4) is 0 Å². The molecule has 6 heteroatoms. The number of carbonyl (C=O) groups excluding carboxylic acids is 1. The Hall–Kier alpha value is -3.25. The maximum Gasteiger partial charge on any atom is 0.248 e. The number of fused-ring (bicyclic) bond motifs is 1. The SMILES string of the molecule is Cc1cn2cc(-c3cccc(NC(=O)/C=C/c4ccc(F)cc4)c3)nc2s1. The summed E-state index contributed by atoms with van der Waals surface area (Å²) in [6, 6.07) is 13.5. The molecule has 0 saturated carbocycles. The van der Waals surface area contributed by atoms with Crippen molar-refractivity contribution in [3.05, 3.63) is 83.3 Å². The zero-order valence-electron chi connectivity index (χ0n) is 14.5. The third kappa shape index (κ3) is 3.96. The van der Waals surface area contributed by atoms with Crippen LogP contribution in [0.4, 0.5) is 10.1 Å². The average Bonchev–Trinajstić information content (AvgIpc) is 3.19. The van der Waals surface area contributed by atoms with Gasteiger partial charge in [0.15, 0.2) is 4.96 Å². The van der Waals surface area contributed by atoms with E-state index in [-0.39, 0.29) is 11.7 Å². The molecule has 0 saturated heterocycles. The Kier molecular flexibility index (Phi) is 4.56. The van der Waals surface area contributed by atoms with E-state index >= 15 is 0 Å². The smallest absolute Gasteiger partial charge is 0.248 e. The summed E-state index contributed by atoms with van der Waals surface area (Å²) in [6.45, 7) is 2.05. The lowest BCUT2D eigenvalue weighted by Gasteiger charge is -2.04. The molecule has 2 heterocycles. The highest BCUT2D eigenvalue weighted by Crippen LogP contribution is 2.25. The number of imidazole rings is 1. The van der Waals surface area contributed by atoms with Crippen LogP contribution in [0.2, 0.25) is 0 Å². The van der Waals surface area contributed by atoms with Crippen LogP contribution < -0.4 is 5.32 Å². The summed E-state index contributed by atoms with van der Waals surface area (Å²) in [6.07, 6.45) is 7.09. The van der Waals surface area contributed by atoms with E-state index in [1.807, 2.05) is 41.1 Å². The van der Waals surface area contributed by atoms with Gasteiger partial charge in [-0.3, -0.25) is 9.20 Å². The van der Waals surface area contributed by atoms with E-state index < -0.39 is 0 Å². The van der Waals surface area contributed by atoms with E-state index in [0.29, 0.717) is 5.69 Å². The van der Waals surface area contributed by atoms with Crippen LogP contribution >= 0.6 is 11.3 Å². The third-order valence-corrected chi connectivity index (χ3v) is 4.91. The number of aryl methyl sites for hydroxylation is 1. The number of thiazole rings is 1. The van der Waals surface area contributed by atoms with Crippen LogP contribution in [0.5, 0.6) is 0 Å². The molecular formula is C21H16FN3OS. The summed E-state index contributed by atoms with van der Waals surface area (Å²) in [5.41, 5.74) is 3.24. The molecule has 0 aliphatic rings. The van der Waals surface area contributed by atoms with Crippen molar-refractivity contribution in [1.29, 1.82) is 0 Å². The van der Waals surface area contributed by atoms with E-state index in [1.54, 1.807) is 29.5 Å². The zero-order chi connectivity index (χ0) is 18.8. The predicted molar refractivity (Wildman–Crippen MR) is 107 cm³/mol. The van der Waals surface area contributed by atoms with Gasteiger partial charge in [-0.2, -0.15) is 0 Å². The number of carbonyl (C=O) groups is 1. The van der Waals surface area contributed by atoms with Crippen molar-refractivity contribution in [2.45, 2.75) is 6.92 Å². The fourth-order valence-electron chi connectivity index (χ4n) is 2.74. The summed E-state index contributed by atoms with van der Waals surface area (Å²) in [5, 5.41) is 2.84. The highest BCUT2D eigenvalue weighted by Gasteiger charge is 2.08. The summed E-state index contributed by atoms with van der Waals surface area (Å²) in [4.78, 5) is 18.9. The van der Waals surface area contributed by atoms with E-state index in [2.05, 4.69) is 17.2 Å². The first-order valence-corrected chi connectivity index (χ1v) is 9.19. The van der Waals surface area contributed by atoms with Gasteiger partial charge in [0.2, 0.25) is 5.91 Å². The molecule has 2 aromatic heterocycles. The molecule has 27 heavy (non-hydrogen) atoms. The molecule has 0 atom stereocenters. The molecular weight excluding hydrogens is 361 g/mol. The molecule has 2 aromatic carbocycles. The van der Waals surface area contributed by atoms with Crippen molar-refractivity contribution >= 4 is 34.0 Å². The van der Waals surface area contributed by atoms with Gasteiger partial charge in [-0.1, -0.05) is 24.3 Å². The molecule has 4 nitrogen and oxygen atoms in total. The van der Waals surface area contributed by atoms with Gasteiger partial charge in [0.1, 0.15) is 5.82 Å². The van der Waals surface area contributed by atoms with Crippen LogP contribution in [-0.2, 0) is 4.79 Å². The first-order valence-electron chi connectivity index (χ1n) is 8.37. The number of hydrogen-bond acceptors (Lipinski definition) is 3. The lowest BCUT2D eigenvalue weighted by molar-refractivity contribution is -0.111. The number of halogens is 1. The number of nitrogens with one attached hydrogen (secondary N) is 1. The van der Waals surface area contributed by atoms with Gasteiger partial charge < -0.3 is 5.32 Å². The van der Waals surface area contributed by atoms with Crippen LogP contribution in [0.1, 0.15) is 10.4 Å². The Morgan fingerprint density at radius 3 is 2.78 bits per heavy atom. The quantitative estimate of drug-likeness (QED) is 0.499. The summed E-state index contributed by atoms with van der Waals surface area (Å²) >= 11 is 1.64. The molecule has 0 aliphatic carbocycles. The molecule has 4 aromatic rings. The van der Waals surface area contributed by atoms with Crippen molar-refractivity contribution in [2.24, 2.45) is 0 Å². The molecule has 0 fully saturated rings. The maximum absolute atomic E-state index is 12.9. The number of rotatable bonds is 4. The second-order valence-electron chi connectivity index (χ2n) is 6.11. The monoisotopic (exact) mass is 377 g/mol. The zero-order valence-corrected chi connectivity index (χ0v) is 15.3. The first-order chi connectivity index (χ1) is 13.1. The van der Waals surface area contributed by atoms with E-state index in [4.69, 9.17) is 0 Å². The second kappa shape index (κ2) is 7.17. The van der Waals surface area contributed by atoms with Gasteiger partial charge in [0.25, 0.3) is 0 Å². The topological polar surface area (TPSA) is 46.4 Å². The van der Waals surface area contributed by atoms with Crippen LogP contribution in [0, 0.1) is 12.7 Å². The fraction of sp³-hybridized carbons (Fsp3) is 0.0476. The number of hydrogen-bond donors (Lipinski definition) is 1. The van der Waals surface area contributed by atoms with Crippen molar-refractivity contribution in [3.8, 4) is 11.3 Å². The first kappa shape index (κ1) is 17.2. The Balaban J connectivity index is 1.49. The van der Waals surface area contributed by atoms with Crippen molar-refractivity contribution in [1.82, 2.24) is 9.38 Å².